The van der Waals surface area contributed by atoms with Crippen LogP contribution in [0.25, 0.3) is 10.9 Å². The molecule has 1 aromatic heterocycles. The first-order valence-electron chi connectivity index (χ1n) is 5.76. The van der Waals surface area contributed by atoms with Crippen LogP contribution in [0, 0.1) is 0 Å². The van der Waals surface area contributed by atoms with E-state index in [0.717, 1.165) is 6.07 Å². The van der Waals surface area contributed by atoms with E-state index in [1.165, 1.54) is 12.1 Å². The van der Waals surface area contributed by atoms with E-state index in [1.54, 1.807) is 19.0 Å². The van der Waals surface area contributed by atoms with E-state index >= 15 is 0 Å². The minimum atomic E-state index is -4.94. The van der Waals surface area contributed by atoms with Crippen LogP contribution in [-0.2, 0) is 12.4 Å². The lowest BCUT2D eigenvalue weighted by molar-refractivity contribution is -0.144. The van der Waals surface area contributed by atoms with Crippen molar-refractivity contribution < 1.29 is 26.3 Å². The van der Waals surface area contributed by atoms with E-state index in [0.29, 0.717) is 5.69 Å². The second kappa shape index (κ2) is 4.78. The van der Waals surface area contributed by atoms with Crippen LogP contribution in [-0.4, -0.2) is 19.1 Å². The molecule has 2 nitrogen and oxygen atoms in total. The van der Waals surface area contributed by atoms with Crippen molar-refractivity contribution in [3.63, 3.8) is 0 Å². The van der Waals surface area contributed by atoms with Crippen molar-refractivity contribution in [3.05, 3.63) is 35.5 Å². The predicted octanol–water partition coefficient (Wildman–Crippen LogP) is 4.34. The molecule has 0 saturated carbocycles. The smallest absolute Gasteiger partial charge is 0.378 e. The van der Waals surface area contributed by atoms with Gasteiger partial charge < -0.3 is 4.90 Å². The maximum atomic E-state index is 12.9. The van der Waals surface area contributed by atoms with Crippen LogP contribution in [0.5, 0.6) is 0 Å². The van der Waals surface area contributed by atoms with Gasteiger partial charge in [0.2, 0.25) is 0 Å². The highest BCUT2D eigenvalue weighted by Crippen LogP contribution is 2.39. The molecule has 0 fully saturated rings. The standard InChI is InChI=1S/C13H10F6N2/c1-21(2)7-3-4-8-9(12(14,15)16)6-11(13(17,18)19)20-10(8)5-7/h3-6H,1-2H3. The third kappa shape index (κ3) is 3.03. The molecule has 2 aromatic rings. The first-order chi connectivity index (χ1) is 9.50. The zero-order chi connectivity index (χ0) is 16.0. The number of aromatic nitrogens is 1. The third-order valence-electron chi connectivity index (χ3n) is 2.91. The van der Waals surface area contributed by atoms with Crippen molar-refractivity contribution in [1.29, 1.82) is 0 Å². The third-order valence-corrected chi connectivity index (χ3v) is 2.91. The summed E-state index contributed by atoms with van der Waals surface area (Å²) < 4.78 is 76.9. The van der Waals surface area contributed by atoms with Crippen molar-refractivity contribution in [3.8, 4) is 0 Å². The molecule has 1 aromatic carbocycles. The van der Waals surface area contributed by atoms with E-state index in [-0.39, 0.29) is 17.0 Å². The molecule has 0 atom stereocenters. The number of benzene rings is 1. The van der Waals surface area contributed by atoms with Crippen LogP contribution in [0.15, 0.2) is 24.3 Å². The Kier molecular flexibility index (Phi) is 3.51. The number of halogens is 6. The molecular weight excluding hydrogens is 298 g/mol. The fraction of sp³-hybridized carbons (Fsp3) is 0.308. The number of hydrogen-bond donors (Lipinski definition) is 0. The maximum absolute atomic E-state index is 12.9. The molecule has 0 radical (unpaired) electrons. The van der Waals surface area contributed by atoms with Crippen molar-refractivity contribution in [2.24, 2.45) is 0 Å². The molecule has 0 saturated heterocycles. The first-order valence-corrected chi connectivity index (χ1v) is 5.76. The second-order valence-electron chi connectivity index (χ2n) is 4.65. The molecule has 0 aliphatic rings. The van der Waals surface area contributed by atoms with Gasteiger partial charge in [-0.1, -0.05) is 6.07 Å². The average Bonchev–Trinajstić information content (AvgIpc) is 2.34. The van der Waals surface area contributed by atoms with Gasteiger partial charge in [0.15, 0.2) is 0 Å². The summed E-state index contributed by atoms with van der Waals surface area (Å²) in [6.07, 6.45) is -9.83. The number of anilines is 1. The van der Waals surface area contributed by atoms with Gasteiger partial charge in [-0.15, -0.1) is 0 Å². The second-order valence-corrected chi connectivity index (χ2v) is 4.65. The van der Waals surface area contributed by atoms with Gasteiger partial charge in [0, 0.05) is 25.2 Å². The Morgan fingerprint density at radius 2 is 1.52 bits per heavy atom. The lowest BCUT2D eigenvalue weighted by Crippen LogP contribution is -2.14. The summed E-state index contributed by atoms with van der Waals surface area (Å²) in [6, 6.07) is 3.75. The van der Waals surface area contributed by atoms with Crippen molar-refractivity contribution >= 4 is 16.6 Å². The van der Waals surface area contributed by atoms with Crippen LogP contribution >= 0.6 is 0 Å². The maximum Gasteiger partial charge on any atom is 0.433 e. The average molecular weight is 308 g/mol. The zero-order valence-corrected chi connectivity index (χ0v) is 11.0. The molecule has 0 aliphatic carbocycles. The topological polar surface area (TPSA) is 16.1 Å². The molecule has 0 bridgehead atoms. The van der Waals surface area contributed by atoms with Crippen LogP contribution in [0.4, 0.5) is 32.0 Å². The molecule has 0 amide bonds. The Hall–Kier alpha value is -1.99. The van der Waals surface area contributed by atoms with Crippen molar-refractivity contribution in [2.75, 3.05) is 19.0 Å². The van der Waals surface area contributed by atoms with E-state index in [9.17, 15) is 26.3 Å². The summed E-state index contributed by atoms with van der Waals surface area (Å²) in [4.78, 5) is 4.88. The number of rotatable bonds is 1. The van der Waals surface area contributed by atoms with Crippen molar-refractivity contribution in [2.45, 2.75) is 12.4 Å². The van der Waals surface area contributed by atoms with E-state index in [1.807, 2.05) is 0 Å². The van der Waals surface area contributed by atoms with E-state index in [2.05, 4.69) is 4.98 Å². The monoisotopic (exact) mass is 308 g/mol. The van der Waals surface area contributed by atoms with Gasteiger partial charge >= 0.3 is 12.4 Å². The number of fused-ring (bicyclic) bond motifs is 1. The van der Waals surface area contributed by atoms with Crippen LogP contribution in [0.2, 0.25) is 0 Å². The highest BCUT2D eigenvalue weighted by atomic mass is 19.4. The molecule has 0 spiro atoms. The Labute approximate surface area is 116 Å². The first kappa shape index (κ1) is 15.4. The summed E-state index contributed by atoms with van der Waals surface area (Å²) in [7, 11) is 3.25. The van der Waals surface area contributed by atoms with Gasteiger partial charge in [-0.2, -0.15) is 26.3 Å². The Balaban J connectivity index is 2.81. The molecule has 8 heteroatoms. The van der Waals surface area contributed by atoms with Crippen LogP contribution < -0.4 is 4.90 Å². The van der Waals surface area contributed by atoms with Gasteiger partial charge in [-0.05, 0) is 18.2 Å². The molecule has 0 aliphatic heterocycles. The fourth-order valence-electron chi connectivity index (χ4n) is 1.87. The fourth-order valence-corrected chi connectivity index (χ4v) is 1.87. The van der Waals surface area contributed by atoms with Gasteiger partial charge in [-0.3, -0.25) is 0 Å². The Morgan fingerprint density at radius 3 is 2.00 bits per heavy atom. The highest BCUT2D eigenvalue weighted by Gasteiger charge is 2.39. The number of pyridine rings is 1. The van der Waals surface area contributed by atoms with Gasteiger partial charge in [-0.25, -0.2) is 4.98 Å². The lowest BCUT2D eigenvalue weighted by Gasteiger charge is -2.17. The summed E-state index contributed by atoms with van der Waals surface area (Å²) in [6.45, 7) is 0. The summed E-state index contributed by atoms with van der Waals surface area (Å²) in [5, 5.41) is -0.360. The minimum Gasteiger partial charge on any atom is -0.378 e. The molecule has 21 heavy (non-hydrogen) atoms. The quantitative estimate of drug-likeness (QED) is 0.729. The molecule has 114 valence electrons. The van der Waals surface area contributed by atoms with Gasteiger partial charge in [0.05, 0.1) is 11.1 Å². The van der Waals surface area contributed by atoms with Gasteiger partial charge in [0.1, 0.15) is 5.69 Å². The zero-order valence-electron chi connectivity index (χ0n) is 11.0. The molecular formula is C13H10F6N2. The lowest BCUT2D eigenvalue weighted by atomic mass is 10.1. The Morgan fingerprint density at radius 1 is 0.905 bits per heavy atom. The summed E-state index contributed by atoms with van der Waals surface area (Å²) in [5.41, 5.74) is -2.78. The predicted molar refractivity (Wildman–Crippen MR) is 66.1 cm³/mol. The van der Waals surface area contributed by atoms with Crippen LogP contribution in [0.3, 0.4) is 0 Å². The summed E-state index contributed by atoms with van der Waals surface area (Å²) >= 11 is 0. The molecule has 1 heterocycles. The highest BCUT2D eigenvalue weighted by molar-refractivity contribution is 5.86. The van der Waals surface area contributed by atoms with E-state index in [4.69, 9.17) is 0 Å². The SMILES string of the molecule is CN(C)c1ccc2c(C(F)(F)F)cc(C(F)(F)F)nc2c1. The summed E-state index contributed by atoms with van der Waals surface area (Å²) in [5.74, 6) is 0. The van der Waals surface area contributed by atoms with Crippen molar-refractivity contribution in [1.82, 2.24) is 4.98 Å². The normalized spacial score (nSPS) is 12.8. The Bertz CT molecular complexity index is 673. The molecule has 0 unspecified atom stereocenters. The van der Waals surface area contributed by atoms with E-state index < -0.39 is 23.6 Å². The number of nitrogens with zero attached hydrogens (tertiary/aromatic N) is 2. The molecule has 2 rings (SSSR count). The minimum absolute atomic E-state index is 0.0394. The molecule has 0 N–H and O–H groups in total. The number of alkyl halides is 6. The van der Waals surface area contributed by atoms with Gasteiger partial charge in [0.25, 0.3) is 0 Å². The number of hydrogen-bond acceptors (Lipinski definition) is 2. The van der Waals surface area contributed by atoms with Crippen LogP contribution in [0.1, 0.15) is 11.3 Å². The largest absolute Gasteiger partial charge is 0.433 e.